The van der Waals surface area contributed by atoms with Gasteiger partial charge in [-0.2, -0.15) is 0 Å². The highest BCUT2D eigenvalue weighted by atomic mass is 16.6. The van der Waals surface area contributed by atoms with E-state index in [4.69, 9.17) is 15.6 Å². The number of aliphatic hydroxyl groups is 1. The summed E-state index contributed by atoms with van der Waals surface area (Å²) in [5, 5.41) is 17.4. The van der Waals surface area contributed by atoms with Crippen molar-refractivity contribution in [3.8, 4) is 0 Å². The molecule has 0 spiro atoms. The predicted octanol–water partition coefficient (Wildman–Crippen LogP) is 4.03. The lowest BCUT2D eigenvalue weighted by Crippen LogP contribution is -2.32. The van der Waals surface area contributed by atoms with E-state index in [1.165, 1.54) is 0 Å². The van der Waals surface area contributed by atoms with Gasteiger partial charge in [0.15, 0.2) is 0 Å². The summed E-state index contributed by atoms with van der Waals surface area (Å²) in [5.41, 5.74) is 6.91. The average Bonchev–Trinajstić information content (AvgIpc) is 2.72. The smallest absolute Gasteiger partial charge is 0.407 e. The molecule has 0 saturated carbocycles. The molecular formula is C25H48N4O4. The minimum absolute atomic E-state index is 0.0581. The third kappa shape index (κ3) is 22.7. The Hall–Kier alpha value is -2.32. The molecular weight excluding hydrogens is 420 g/mol. The number of hydrogen-bond acceptors (Lipinski definition) is 6. The van der Waals surface area contributed by atoms with Crippen LogP contribution < -0.4 is 21.7 Å². The van der Waals surface area contributed by atoms with Gasteiger partial charge in [0.2, 0.25) is 6.41 Å². The number of alkyl carbamates (subject to hydrolysis) is 1. The molecule has 0 aromatic heterocycles. The maximum atomic E-state index is 11.0. The number of anilines is 1. The van der Waals surface area contributed by atoms with E-state index in [-0.39, 0.29) is 18.7 Å². The minimum atomic E-state index is -0.393. The molecule has 2 unspecified atom stereocenters. The molecule has 0 aliphatic heterocycles. The van der Waals surface area contributed by atoms with Crippen molar-refractivity contribution in [1.82, 2.24) is 10.6 Å². The fraction of sp³-hybridized carbons (Fsp3) is 0.680. The fourth-order valence-electron chi connectivity index (χ4n) is 1.95. The van der Waals surface area contributed by atoms with Crippen molar-refractivity contribution in [2.24, 2.45) is 11.7 Å². The maximum absolute atomic E-state index is 11.0. The Morgan fingerprint density at radius 2 is 1.70 bits per heavy atom. The van der Waals surface area contributed by atoms with E-state index in [1.807, 2.05) is 58.9 Å². The number of carbonyl (C=O) groups is 2. The van der Waals surface area contributed by atoms with E-state index in [1.54, 1.807) is 0 Å². The van der Waals surface area contributed by atoms with Crippen molar-refractivity contribution in [3.05, 3.63) is 29.8 Å². The molecule has 0 aliphatic carbocycles. The summed E-state index contributed by atoms with van der Waals surface area (Å²) in [4.78, 5) is 21.1. The molecule has 0 fully saturated rings. The zero-order valence-corrected chi connectivity index (χ0v) is 21.9. The van der Waals surface area contributed by atoms with Crippen molar-refractivity contribution in [1.29, 1.82) is 0 Å². The summed E-state index contributed by atoms with van der Waals surface area (Å²) in [5.74, 6) is 0.630. The van der Waals surface area contributed by atoms with Crippen LogP contribution in [0.4, 0.5) is 10.5 Å². The third-order valence-electron chi connectivity index (χ3n) is 4.31. The zero-order chi connectivity index (χ0) is 25.9. The Morgan fingerprint density at radius 3 is 2.09 bits per heavy atom. The van der Waals surface area contributed by atoms with Gasteiger partial charge in [-0.1, -0.05) is 39.3 Å². The Morgan fingerprint density at radius 1 is 1.15 bits per heavy atom. The van der Waals surface area contributed by atoms with Gasteiger partial charge in [-0.05, 0) is 64.7 Å². The maximum Gasteiger partial charge on any atom is 0.407 e. The van der Waals surface area contributed by atoms with Gasteiger partial charge in [-0.15, -0.1) is 0 Å². The first-order valence-corrected chi connectivity index (χ1v) is 11.7. The number of nitrogens with one attached hydrogen (secondary N) is 3. The molecule has 2 amide bonds. The normalized spacial score (nSPS) is 12.2. The standard InChI is InChI=1S/C11H16N2O2.C9H19NO2.C5H13N/c1-9(6-12-8-15)13-11-4-2-10(7-14)3-5-11;1-5-6-7-10-8(11)12-9(2,3)4;1-4(2)5(3)6/h2-5,8-9,13-14H,6-7H2,1H3,(H,12,15);5-7H2,1-4H3,(H,10,11);4-5H,6H2,1-3H3. The van der Waals surface area contributed by atoms with E-state index >= 15 is 0 Å². The highest BCUT2D eigenvalue weighted by Gasteiger charge is 2.15. The van der Waals surface area contributed by atoms with Crippen LogP contribution in [-0.2, 0) is 16.1 Å². The van der Waals surface area contributed by atoms with Crippen LogP contribution in [0.1, 0.15) is 73.8 Å². The highest BCUT2D eigenvalue weighted by Crippen LogP contribution is 2.10. The van der Waals surface area contributed by atoms with E-state index in [0.717, 1.165) is 24.1 Å². The number of aliphatic hydroxyl groups excluding tert-OH is 1. The molecule has 0 aliphatic rings. The summed E-state index contributed by atoms with van der Waals surface area (Å²) in [6.45, 7) is 17.2. The number of nitrogens with two attached hydrogens (primary N) is 1. The lowest BCUT2D eigenvalue weighted by Gasteiger charge is -2.19. The summed E-state index contributed by atoms with van der Waals surface area (Å²) in [6.07, 6.45) is 2.44. The third-order valence-corrected chi connectivity index (χ3v) is 4.31. The van der Waals surface area contributed by atoms with Crippen LogP contribution in [-0.4, -0.2) is 48.4 Å². The summed E-state index contributed by atoms with van der Waals surface area (Å²) >= 11 is 0. The van der Waals surface area contributed by atoms with Gasteiger partial charge in [-0.25, -0.2) is 4.79 Å². The Bertz CT molecular complexity index is 608. The van der Waals surface area contributed by atoms with Crippen LogP contribution in [0.3, 0.4) is 0 Å². The molecule has 6 N–H and O–H groups in total. The molecule has 1 rings (SSSR count). The van der Waals surface area contributed by atoms with Crippen LogP contribution >= 0.6 is 0 Å². The van der Waals surface area contributed by atoms with Crippen molar-refractivity contribution < 1.29 is 19.4 Å². The van der Waals surface area contributed by atoms with Gasteiger partial charge in [0, 0.05) is 30.9 Å². The van der Waals surface area contributed by atoms with Crippen LogP contribution in [0, 0.1) is 5.92 Å². The molecule has 0 heterocycles. The number of amides is 2. The molecule has 0 bridgehead atoms. The molecule has 8 nitrogen and oxygen atoms in total. The van der Waals surface area contributed by atoms with E-state index in [0.29, 0.717) is 31.5 Å². The lowest BCUT2D eigenvalue weighted by molar-refractivity contribution is -0.109. The first-order valence-electron chi connectivity index (χ1n) is 11.7. The van der Waals surface area contributed by atoms with E-state index < -0.39 is 5.60 Å². The number of unbranched alkanes of at least 4 members (excludes halogenated alkanes) is 1. The van der Waals surface area contributed by atoms with Crippen molar-refractivity contribution in [2.75, 3.05) is 18.4 Å². The molecule has 192 valence electrons. The molecule has 0 radical (unpaired) electrons. The zero-order valence-electron chi connectivity index (χ0n) is 21.9. The quantitative estimate of drug-likeness (QED) is 0.261. The van der Waals surface area contributed by atoms with Crippen LogP contribution in [0.2, 0.25) is 0 Å². The SMILES string of the molecule is CC(C)C(C)N.CC(CNC=O)Nc1ccc(CO)cc1.CCCCNC(=O)OC(C)(C)C. The number of carbonyl (C=O) groups excluding carboxylic acids is 2. The fourth-order valence-corrected chi connectivity index (χ4v) is 1.95. The average molecular weight is 469 g/mol. The number of rotatable bonds is 10. The van der Waals surface area contributed by atoms with Gasteiger partial charge < -0.3 is 31.5 Å². The second-order valence-electron chi connectivity index (χ2n) is 9.31. The lowest BCUT2D eigenvalue weighted by atomic mass is 10.1. The minimum Gasteiger partial charge on any atom is -0.444 e. The van der Waals surface area contributed by atoms with E-state index in [2.05, 4.69) is 36.7 Å². The van der Waals surface area contributed by atoms with Crippen molar-refractivity contribution >= 4 is 18.2 Å². The number of benzene rings is 1. The second kappa shape index (κ2) is 19.2. The first kappa shape index (κ1) is 32.9. The van der Waals surface area contributed by atoms with Gasteiger partial charge in [0.1, 0.15) is 5.60 Å². The molecule has 2 atom stereocenters. The predicted molar refractivity (Wildman–Crippen MR) is 137 cm³/mol. The van der Waals surface area contributed by atoms with Gasteiger partial charge in [-0.3, -0.25) is 4.79 Å². The van der Waals surface area contributed by atoms with Crippen molar-refractivity contribution in [2.45, 2.75) is 92.5 Å². The van der Waals surface area contributed by atoms with Crippen LogP contribution in [0.5, 0.6) is 0 Å². The second-order valence-corrected chi connectivity index (χ2v) is 9.31. The van der Waals surface area contributed by atoms with Gasteiger partial charge in [0.25, 0.3) is 0 Å². The number of hydrogen-bond donors (Lipinski definition) is 5. The Kier molecular flexibility index (Phi) is 19.1. The molecule has 8 heteroatoms. The van der Waals surface area contributed by atoms with Crippen LogP contribution in [0.25, 0.3) is 0 Å². The summed E-state index contributed by atoms with van der Waals surface area (Å²) in [6, 6.07) is 8.07. The van der Waals surface area contributed by atoms with Gasteiger partial charge in [0.05, 0.1) is 6.61 Å². The topological polar surface area (TPSA) is 126 Å². The van der Waals surface area contributed by atoms with Gasteiger partial charge >= 0.3 is 6.09 Å². The molecule has 1 aromatic rings. The summed E-state index contributed by atoms with van der Waals surface area (Å²) in [7, 11) is 0. The summed E-state index contributed by atoms with van der Waals surface area (Å²) < 4.78 is 5.03. The Balaban J connectivity index is 0. The Labute approximate surface area is 201 Å². The largest absolute Gasteiger partial charge is 0.444 e. The van der Waals surface area contributed by atoms with Crippen LogP contribution in [0.15, 0.2) is 24.3 Å². The highest BCUT2D eigenvalue weighted by molar-refractivity contribution is 5.67. The van der Waals surface area contributed by atoms with Crippen molar-refractivity contribution in [3.63, 3.8) is 0 Å². The first-order chi connectivity index (χ1) is 15.4. The number of ether oxygens (including phenoxy) is 1. The van der Waals surface area contributed by atoms with E-state index in [9.17, 15) is 9.59 Å². The molecule has 0 saturated heterocycles. The molecule has 33 heavy (non-hydrogen) atoms. The molecule has 1 aromatic carbocycles. The monoisotopic (exact) mass is 468 g/mol.